The monoisotopic (exact) mass is 260 g/mol. The molecule has 0 bridgehead atoms. The Balaban J connectivity index is 2.78. The summed E-state index contributed by atoms with van der Waals surface area (Å²) in [5.41, 5.74) is 6.55. The van der Waals surface area contributed by atoms with Crippen molar-refractivity contribution in [3.63, 3.8) is 0 Å². The maximum atomic E-state index is 9.71. The molecule has 0 aliphatic carbocycles. The van der Waals surface area contributed by atoms with E-state index < -0.39 is 12.2 Å². The Morgan fingerprint density at radius 1 is 1.50 bits per heavy atom. The lowest BCUT2D eigenvalue weighted by Crippen LogP contribution is -2.19. The Hall–Kier alpha value is -0.650. The minimum Gasteiger partial charge on any atom is -0.398 e. The van der Waals surface area contributed by atoms with Gasteiger partial charge in [-0.05, 0) is 12.5 Å². The molecule has 78 valence electrons. The fourth-order valence-electron chi connectivity index (χ4n) is 1.14. The molecular weight excluding hydrogens is 248 g/mol. The molecule has 0 saturated carbocycles. The van der Waals surface area contributed by atoms with Gasteiger partial charge in [0.25, 0.3) is 0 Å². The molecule has 0 spiro atoms. The van der Waals surface area contributed by atoms with Gasteiger partial charge < -0.3 is 15.9 Å². The second-order valence-electron chi connectivity index (χ2n) is 2.99. The van der Waals surface area contributed by atoms with Crippen LogP contribution in [0.2, 0.25) is 0 Å². The molecule has 1 rings (SSSR count). The maximum Gasteiger partial charge on any atom is 0.108 e. The first-order valence-electron chi connectivity index (χ1n) is 4.28. The standard InChI is InChI=1S/C9H13BrN2O2/c10-3-1-8(13)9(14)6-5-12-4-2-7(6)11/h2,4-5,8-9,13-14H,1,3H2,(H2,11,12). The van der Waals surface area contributed by atoms with E-state index in [1.54, 1.807) is 12.3 Å². The van der Waals surface area contributed by atoms with Gasteiger partial charge in [0.1, 0.15) is 6.10 Å². The van der Waals surface area contributed by atoms with Crippen molar-refractivity contribution in [3.05, 3.63) is 24.0 Å². The number of alkyl halides is 1. The first kappa shape index (κ1) is 11.4. The molecule has 0 saturated heterocycles. The van der Waals surface area contributed by atoms with Crippen LogP contribution < -0.4 is 5.73 Å². The molecule has 5 heteroatoms. The van der Waals surface area contributed by atoms with Gasteiger partial charge in [0.2, 0.25) is 0 Å². The summed E-state index contributed by atoms with van der Waals surface area (Å²) in [7, 11) is 0. The fraction of sp³-hybridized carbons (Fsp3) is 0.444. The third-order valence-electron chi connectivity index (χ3n) is 1.98. The first-order chi connectivity index (χ1) is 6.66. The maximum absolute atomic E-state index is 9.71. The van der Waals surface area contributed by atoms with E-state index in [1.807, 2.05) is 0 Å². The molecule has 2 atom stereocenters. The van der Waals surface area contributed by atoms with E-state index in [9.17, 15) is 10.2 Å². The second-order valence-corrected chi connectivity index (χ2v) is 3.79. The molecule has 4 N–H and O–H groups in total. The quantitative estimate of drug-likeness (QED) is 0.702. The number of nitrogen functional groups attached to an aromatic ring is 1. The smallest absolute Gasteiger partial charge is 0.108 e. The molecule has 1 heterocycles. The molecule has 0 aliphatic heterocycles. The van der Waals surface area contributed by atoms with Crippen LogP contribution in [-0.4, -0.2) is 26.6 Å². The highest BCUT2D eigenvalue weighted by Crippen LogP contribution is 2.23. The van der Waals surface area contributed by atoms with E-state index >= 15 is 0 Å². The predicted octanol–water partition coefficient (Wildman–Crippen LogP) is 0.843. The van der Waals surface area contributed by atoms with Gasteiger partial charge in [-0.2, -0.15) is 0 Å². The number of nitrogens with two attached hydrogens (primary N) is 1. The number of aromatic nitrogens is 1. The van der Waals surface area contributed by atoms with Gasteiger partial charge in [0.05, 0.1) is 6.10 Å². The van der Waals surface area contributed by atoms with Crippen LogP contribution in [0, 0.1) is 0 Å². The summed E-state index contributed by atoms with van der Waals surface area (Å²) in [4.78, 5) is 3.85. The lowest BCUT2D eigenvalue weighted by molar-refractivity contribution is 0.0176. The van der Waals surface area contributed by atoms with E-state index in [0.717, 1.165) is 0 Å². The van der Waals surface area contributed by atoms with E-state index in [4.69, 9.17) is 5.73 Å². The van der Waals surface area contributed by atoms with Crippen LogP contribution >= 0.6 is 15.9 Å². The van der Waals surface area contributed by atoms with Gasteiger partial charge in [-0.3, -0.25) is 4.98 Å². The zero-order valence-electron chi connectivity index (χ0n) is 7.60. The van der Waals surface area contributed by atoms with Crippen molar-refractivity contribution in [3.8, 4) is 0 Å². The van der Waals surface area contributed by atoms with Gasteiger partial charge in [-0.15, -0.1) is 0 Å². The highest BCUT2D eigenvalue weighted by Gasteiger charge is 2.19. The molecule has 0 amide bonds. The van der Waals surface area contributed by atoms with E-state index in [2.05, 4.69) is 20.9 Å². The van der Waals surface area contributed by atoms with Gasteiger partial charge >= 0.3 is 0 Å². The normalized spacial score (nSPS) is 15.1. The van der Waals surface area contributed by atoms with Crippen LogP contribution in [0.3, 0.4) is 0 Å². The summed E-state index contributed by atoms with van der Waals surface area (Å²) in [5.74, 6) is 0. The second kappa shape index (κ2) is 5.29. The molecule has 0 aliphatic rings. The first-order valence-corrected chi connectivity index (χ1v) is 5.40. The van der Waals surface area contributed by atoms with Gasteiger partial charge in [-0.25, -0.2) is 0 Å². The van der Waals surface area contributed by atoms with Crippen LogP contribution in [0.15, 0.2) is 18.5 Å². The number of nitrogens with zero attached hydrogens (tertiary/aromatic N) is 1. The van der Waals surface area contributed by atoms with Crippen molar-refractivity contribution in [1.82, 2.24) is 4.98 Å². The van der Waals surface area contributed by atoms with Crippen LogP contribution in [0.25, 0.3) is 0 Å². The van der Waals surface area contributed by atoms with Crippen molar-refractivity contribution in [2.24, 2.45) is 0 Å². The number of anilines is 1. The highest BCUT2D eigenvalue weighted by molar-refractivity contribution is 9.09. The van der Waals surface area contributed by atoms with Crippen molar-refractivity contribution in [1.29, 1.82) is 0 Å². The number of hydrogen-bond donors (Lipinski definition) is 3. The molecule has 2 unspecified atom stereocenters. The Kier molecular flexibility index (Phi) is 4.31. The van der Waals surface area contributed by atoms with Gasteiger partial charge in [-0.1, -0.05) is 15.9 Å². The largest absolute Gasteiger partial charge is 0.398 e. The zero-order valence-corrected chi connectivity index (χ0v) is 9.18. The molecule has 14 heavy (non-hydrogen) atoms. The number of halogens is 1. The third-order valence-corrected chi connectivity index (χ3v) is 2.43. The Bertz CT molecular complexity index is 296. The minimum atomic E-state index is -0.971. The van der Waals surface area contributed by atoms with Crippen molar-refractivity contribution in [2.75, 3.05) is 11.1 Å². The number of aliphatic hydroxyl groups is 2. The summed E-state index contributed by atoms with van der Waals surface area (Å²) in [6.07, 6.45) is 1.69. The molecule has 1 aromatic heterocycles. The summed E-state index contributed by atoms with van der Waals surface area (Å²) in [6.45, 7) is 0. The van der Waals surface area contributed by atoms with E-state index in [1.165, 1.54) is 6.20 Å². The fourth-order valence-corrected chi connectivity index (χ4v) is 1.61. The summed E-state index contributed by atoms with van der Waals surface area (Å²) < 4.78 is 0. The number of hydrogen-bond acceptors (Lipinski definition) is 4. The molecule has 4 nitrogen and oxygen atoms in total. The summed E-state index contributed by atoms with van der Waals surface area (Å²) in [6, 6.07) is 1.60. The van der Waals surface area contributed by atoms with Crippen LogP contribution in [0.5, 0.6) is 0 Å². The topological polar surface area (TPSA) is 79.4 Å². The van der Waals surface area contributed by atoms with Crippen LogP contribution in [-0.2, 0) is 0 Å². The third kappa shape index (κ3) is 2.67. The zero-order chi connectivity index (χ0) is 10.6. The Morgan fingerprint density at radius 2 is 2.21 bits per heavy atom. The average Bonchev–Trinajstić information content (AvgIpc) is 2.18. The molecule has 0 radical (unpaired) electrons. The number of rotatable bonds is 4. The Labute approximate surface area is 90.9 Å². The van der Waals surface area contributed by atoms with Gasteiger partial charge in [0, 0.05) is 29.0 Å². The number of pyridine rings is 1. The number of aliphatic hydroxyl groups excluding tert-OH is 2. The Morgan fingerprint density at radius 3 is 2.79 bits per heavy atom. The summed E-state index contributed by atoms with van der Waals surface area (Å²) >= 11 is 3.19. The van der Waals surface area contributed by atoms with Crippen molar-refractivity contribution >= 4 is 21.6 Å². The molecular formula is C9H13BrN2O2. The molecule has 0 fully saturated rings. The van der Waals surface area contributed by atoms with Crippen LogP contribution in [0.1, 0.15) is 18.1 Å². The lowest BCUT2D eigenvalue weighted by atomic mass is 10.0. The SMILES string of the molecule is Nc1ccncc1C(O)C(O)CCBr. The molecule has 1 aromatic rings. The molecule has 0 aromatic carbocycles. The van der Waals surface area contributed by atoms with Gasteiger partial charge in [0.15, 0.2) is 0 Å². The van der Waals surface area contributed by atoms with Crippen LogP contribution in [0.4, 0.5) is 5.69 Å². The van der Waals surface area contributed by atoms with E-state index in [-0.39, 0.29) is 0 Å². The average molecular weight is 261 g/mol. The van der Waals surface area contributed by atoms with E-state index in [0.29, 0.717) is 23.0 Å². The minimum absolute atomic E-state index is 0.445. The summed E-state index contributed by atoms with van der Waals surface area (Å²) in [5, 5.41) is 19.9. The van der Waals surface area contributed by atoms with Crippen molar-refractivity contribution in [2.45, 2.75) is 18.6 Å². The van der Waals surface area contributed by atoms with Crippen molar-refractivity contribution < 1.29 is 10.2 Å². The highest BCUT2D eigenvalue weighted by atomic mass is 79.9. The predicted molar refractivity (Wildman–Crippen MR) is 58.0 cm³/mol. The lowest BCUT2D eigenvalue weighted by Gasteiger charge is -2.18.